The third-order valence-electron chi connectivity index (χ3n) is 5.05. The van der Waals surface area contributed by atoms with Crippen molar-refractivity contribution in [3.8, 4) is 0 Å². The van der Waals surface area contributed by atoms with Crippen LogP contribution in [0.3, 0.4) is 0 Å². The minimum atomic E-state index is -1.21. The van der Waals surface area contributed by atoms with Gasteiger partial charge >= 0.3 is 53.4 Å². The monoisotopic (exact) mass is 616 g/mol. The van der Waals surface area contributed by atoms with Crippen LogP contribution in [0, 0.1) is 23.7 Å². The van der Waals surface area contributed by atoms with Gasteiger partial charge in [-0.2, -0.15) is 0 Å². The van der Waals surface area contributed by atoms with Gasteiger partial charge in [-0.15, -0.1) is 0 Å². The predicted octanol–water partition coefficient (Wildman–Crippen LogP) is 4.30. The Morgan fingerprint density at radius 3 is 1.40 bits per heavy atom. The van der Waals surface area contributed by atoms with E-state index in [4.69, 9.17) is 14.6 Å². The third kappa shape index (κ3) is 30.2. The quantitative estimate of drug-likeness (QED) is 0.131. The number of aliphatic hydroxyl groups excluding tert-OH is 1. The van der Waals surface area contributed by atoms with Crippen molar-refractivity contribution in [2.24, 2.45) is 23.7 Å². The molecule has 0 amide bonds. The fourth-order valence-corrected chi connectivity index (χ4v) is 3.70. The maximum absolute atomic E-state index is 12.4. The maximum atomic E-state index is 12.4. The molecule has 0 aromatic heterocycles. The zero-order valence-corrected chi connectivity index (χ0v) is 23.1. The smallest absolute Gasteiger partial charge is 0.481 e. The van der Waals surface area contributed by atoms with Gasteiger partial charge in [0.15, 0.2) is 0 Å². The number of rotatable bonds is 16. The van der Waals surface area contributed by atoms with Crippen molar-refractivity contribution >= 4 is 31.1 Å². The van der Waals surface area contributed by atoms with Gasteiger partial charge in [-0.25, -0.2) is 0 Å². The molecule has 9 nitrogen and oxygen atoms in total. The summed E-state index contributed by atoms with van der Waals surface area (Å²) in [6.07, 6.45) is 0.833. The van der Waals surface area contributed by atoms with E-state index in [1.165, 1.54) is 6.92 Å². The standard InChI is InChI=1S/C21H37O9P.8CH4.Na/c1-6-15(21(28)30-9-10-31(3,4)5)12-17(19(25)26)13-16(18(23)24)11-14(2)20(27)29-8-7-22;;;;;;;;;/h14-17,22H,6-13H2,1-5H3,(H-,23,24,25,26);8*1H4;/q;;;;;;;;;+1/p+1. The Kier molecular flexibility index (Phi) is 57.9. The first kappa shape index (κ1) is 67.1. The Labute approximate surface area is 272 Å². The van der Waals surface area contributed by atoms with Gasteiger partial charge in [0.05, 0.1) is 36.4 Å². The zero-order chi connectivity index (χ0) is 24.2. The van der Waals surface area contributed by atoms with E-state index >= 15 is 0 Å². The average molecular weight is 617 g/mol. The summed E-state index contributed by atoms with van der Waals surface area (Å²) in [4.78, 5) is 47.7. The number of carboxylic acid groups (broad SMARTS) is 2. The number of carbonyl (C=O) groups is 4. The van der Waals surface area contributed by atoms with Gasteiger partial charge in [0.2, 0.25) is 0 Å². The van der Waals surface area contributed by atoms with Crippen molar-refractivity contribution in [3.05, 3.63) is 0 Å². The van der Waals surface area contributed by atoms with Gasteiger partial charge in [-0.05, 0) is 25.7 Å². The van der Waals surface area contributed by atoms with Crippen LogP contribution in [0.4, 0.5) is 0 Å². The molecule has 0 aliphatic carbocycles. The van der Waals surface area contributed by atoms with Gasteiger partial charge in [0.1, 0.15) is 13.2 Å². The summed E-state index contributed by atoms with van der Waals surface area (Å²) < 4.78 is 10.1. The molecule has 4 atom stereocenters. The molecule has 0 saturated carbocycles. The van der Waals surface area contributed by atoms with Crippen molar-refractivity contribution in [1.82, 2.24) is 0 Å². The number of hydrogen-bond donors (Lipinski definition) is 3. The molecule has 0 aromatic carbocycles. The summed E-state index contributed by atoms with van der Waals surface area (Å²) in [5, 5.41) is 27.9. The molecule has 0 saturated heterocycles. The summed E-state index contributed by atoms with van der Waals surface area (Å²) in [6, 6.07) is 0. The number of carbonyl (C=O) groups excluding carboxylic acids is 2. The number of hydrogen-bond acceptors (Lipinski definition) is 7. The zero-order valence-electron chi connectivity index (χ0n) is 20.2. The number of carboxylic acids is 2. The number of esters is 2. The molecule has 40 heavy (non-hydrogen) atoms. The Morgan fingerprint density at radius 1 is 0.675 bits per heavy atom. The average Bonchev–Trinajstić information content (AvgIpc) is 2.66. The molecule has 244 valence electrons. The van der Waals surface area contributed by atoms with Crippen LogP contribution in [-0.2, 0) is 28.7 Å². The molecular formula is C29H70NaO9P+2. The first-order chi connectivity index (χ1) is 14.3. The van der Waals surface area contributed by atoms with Crippen molar-refractivity contribution in [2.45, 2.75) is 98.9 Å². The fraction of sp³-hybridized carbons (Fsp3) is 0.862. The topological polar surface area (TPSA) is 147 Å². The minimum absolute atomic E-state index is 0. The maximum Gasteiger partial charge on any atom is 1.00 e. The summed E-state index contributed by atoms with van der Waals surface area (Å²) >= 11 is 0. The van der Waals surface area contributed by atoms with Gasteiger partial charge in [0.25, 0.3) is 0 Å². The molecular weight excluding hydrogens is 546 g/mol. The van der Waals surface area contributed by atoms with Crippen LogP contribution >= 0.6 is 7.26 Å². The van der Waals surface area contributed by atoms with E-state index in [-0.39, 0.29) is 128 Å². The van der Waals surface area contributed by atoms with E-state index in [9.17, 15) is 29.4 Å². The summed E-state index contributed by atoms with van der Waals surface area (Å²) in [5.41, 5.74) is 0. The minimum Gasteiger partial charge on any atom is -0.481 e. The summed E-state index contributed by atoms with van der Waals surface area (Å²) in [7, 11) is -1.10. The van der Waals surface area contributed by atoms with Gasteiger partial charge in [-0.3, -0.25) is 19.2 Å². The van der Waals surface area contributed by atoms with Crippen LogP contribution in [0.25, 0.3) is 0 Å². The SMILES string of the molecule is C.C.C.C.C.C.C.C.CCC(CC(CC(CC(C)C(=O)OCCO)C(=O)O)C(=O)O)C(=O)OCC[P+](C)(C)C.[Na+]. The van der Waals surface area contributed by atoms with Crippen LogP contribution in [0.2, 0.25) is 0 Å². The van der Waals surface area contributed by atoms with Crippen molar-refractivity contribution in [2.75, 3.05) is 46.0 Å². The van der Waals surface area contributed by atoms with Crippen molar-refractivity contribution in [1.29, 1.82) is 0 Å². The second kappa shape index (κ2) is 34.5. The van der Waals surface area contributed by atoms with E-state index in [2.05, 4.69) is 20.0 Å². The van der Waals surface area contributed by atoms with Crippen molar-refractivity contribution < 1.29 is 73.5 Å². The number of ether oxygens (including phenoxy) is 2. The summed E-state index contributed by atoms with van der Waals surface area (Å²) in [5.74, 6) is -7.06. The van der Waals surface area contributed by atoms with E-state index in [0.717, 1.165) is 6.16 Å². The Hall–Kier alpha value is -0.730. The molecule has 3 N–H and O–H groups in total. The molecule has 0 bridgehead atoms. The molecule has 0 aliphatic rings. The first-order valence-corrected chi connectivity index (χ1v) is 13.8. The van der Waals surface area contributed by atoms with Gasteiger partial charge in [-0.1, -0.05) is 73.3 Å². The second-order valence-electron chi connectivity index (χ2n) is 8.86. The molecule has 0 aliphatic heterocycles. The fourth-order valence-electron chi connectivity index (χ4n) is 3.06. The van der Waals surface area contributed by atoms with Crippen LogP contribution in [0.1, 0.15) is 98.9 Å². The molecule has 0 radical (unpaired) electrons. The second-order valence-corrected chi connectivity index (χ2v) is 13.9. The number of aliphatic carboxylic acids is 2. The van der Waals surface area contributed by atoms with Crippen LogP contribution in [0.15, 0.2) is 0 Å². The Morgan fingerprint density at radius 2 is 1.05 bits per heavy atom. The Balaban J connectivity index is -0.000000125. The largest absolute Gasteiger partial charge is 1.00 e. The van der Waals surface area contributed by atoms with Gasteiger partial charge in [0, 0.05) is 27.3 Å². The van der Waals surface area contributed by atoms with E-state index in [1.54, 1.807) is 6.92 Å². The van der Waals surface area contributed by atoms with Crippen LogP contribution < -0.4 is 29.6 Å². The van der Waals surface area contributed by atoms with Crippen LogP contribution in [0.5, 0.6) is 0 Å². The van der Waals surface area contributed by atoms with E-state index < -0.39 is 54.8 Å². The summed E-state index contributed by atoms with van der Waals surface area (Å²) in [6.45, 7) is 9.41. The van der Waals surface area contributed by atoms with Crippen LogP contribution in [-0.4, -0.2) is 85.2 Å². The third-order valence-corrected chi connectivity index (χ3v) is 6.57. The molecule has 0 rings (SSSR count). The van der Waals surface area contributed by atoms with E-state index in [0.29, 0.717) is 6.42 Å². The molecule has 4 unspecified atom stereocenters. The molecule has 0 spiro atoms. The predicted molar refractivity (Wildman–Crippen MR) is 171 cm³/mol. The molecule has 0 fully saturated rings. The molecule has 11 heteroatoms. The van der Waals surface area contributed by atoms with Crippen molar-refractivity contribution in [3.63, 3.8) is 0 Å². The Bertz CT molecular complexity index is 611. The van der Waals surface area contributed by atoms with Gasteiger partial charge < -0.3 is 24.8 Å². The molecule has 0 aromatic rings. The molecule has 0 heterocycles. The normalized spacial score (nSPS) is 11.9. The first-order valence-electron chi connectivity index (χ1n) is 10.5. The number of aliphatic hydroxyl groups is 1. The van der Waals surface area contributed by atoms with E-state index in [1.807, 2.05) is 0 Å².